The summed E-state index contributed by atoms with van der Waals surface area (Å²) in [6.45, 7) is 6.30. The summed E-state index contributed by atoms with van der Waals surface area (Å²) in [6.07, 6.45) is 4.20. The van der Waals surface area contributed by atoms with Crippen molar-refractivity contribution < 1.29 is 14.3 Å². The van der Waals surface area contributed by atoms with Crippen LogP contribution in [-0.4, -0.2) is 67.0 Å². The summed E-state index contributed by atoms with van der Waals surface area (Å²) in [5.74, 6) is 1.23. The number of amides is 2. The van der Waals surface area contributed by atoms with Crippen molar-refractivity contribution in [3.63, 3.8) is 0 Å². The minimum atomic E-state index is 0.158. The van der Waals surface area contributed by atoms with Gasteiger partial charge < -0.3 is 19.9 Å². The second kappa shape index (κ2) is 9.74. The van der Waals surface area contributed by atoms with Gasteiger partial charge in [0.15, 0.2) is 0 Å². The van der Waals surface area contributed by atoms with E-state index >= 15 is 0 Å². The summed E-state index contributed by atoms with van der Waals surface area (Å²) in [6, 6.07) is 8.20. The number of likely N-dealkylation sites (tertiary alicyclic amines) is 1. The fourth-order valence-electron chi connectivity index (χ4n) is 3.82. The highest BCUT2D eigenvalue weighted by Gasteiger charge is 2.31. The molecule has 1 atom stereocenters. The van der Waals surface area contributed by atoms with Crippen LogP contribution in [0.1, 0.15) is 38.2 Å². The number of nitrogens with one attached hydrogen (secondary N) is 1. The lowest BCUT2D eigenvalue weighted by atomic mass is 10.0. The number of piperidine rings is 1. The van der Waals surface area contributed by atoms with Gasteiger partial charge >= 0.3 is 0 Å². The molecule has 0 spiro atoms. The van der Waals surface area contributed by atoms with Crippen LogP contribution < -0.4 is 10.1 Å². The van der Waals surface area contributed by atoms with Crippen LogP contribution in [0.15, 0.2) is 24.3 Å². The number of carbonyl (C=O) groups excluding carboxylic acids is 2. The van der Waals surface area contributed by atoms with Crippen LogP contribution in [0.25, 0.3) is 0 Å². The van der Waals surface area contributed by atoms with Gasteiger partial charge in [0.1, 0.15) is 5.75 Å². The van der Waals surface area contributed by atoms with Crippen molar-refractivity contribution in [1.29, 1.82) is 0 Å². The Labute approximate surface area is 161 Å². The number of nitrogens with zero attached hydrogens (tertiary/aromatic N) is 2. The average molecular weight is 373 g/mol. The van der Waals surface area contributed by atoms with Crippen molar-refractivity contribution in [2.45, 2.75) is 45.1 Å². The van der Waals surface area contributed by atoms with Crippen LogP contribution in [0.2, 0.25) is 0 Å². The molecule has 1 aromatic carbocycles. The third kappa shape index (κ3) is 5.45. The van der Waals surface area contributed by atoms with Crippen LogP contribution in [0.4, 0.5) is 0 Å². The molecule has 1 aromatic rings. The molecule has 0 bridgehead atoms. The lowest BCUT2D eigenvalue weighted by Gasteiger charge is -2.41. The number of aryl methyl sites for hydroxylation is 1. The summed E-state index contributed by atoms with van der Waals surface area (Å²) in [4.78, 5) is 28.7. The van der Waals surface area contributed by atoms with Crippen molar-refractivity contribution in [1.82, 2.24) is 15.1 Å². The molecule has 6 nitrogen and oxygen atoms in total. The van der Waals surface area contributed by atoms with E-state index in [4.69, 9.17) is 4.74 Å². The average Bonchev–Trinajstić information content (AvgIpc) is 2.71. The van der Waals surface area contributed by atoms with E-state index in [2.05, 4.69) is 12.2 Å². The molecular weight excluding hydrogens is 342 g/mol. The highest BCUT2D eigenvalue weighted by Crippen LogP contribution is 2.19. The summed E-state index contributed by atoms with van der Waals surface area (Å²) >= 11 is 0. The molecule has 0 aromatic heterocycles. The van der Waals surface area contributed by atoms with E-state index in [0.717, 1.165) is 63.2 Å². The fraction of sp³-hybridized carbons (Fsp3) is 0.619. The number of hydrogen-bond donors (Lipinski definition) is 1. The second-order valence-corrected chi connectivity index (χ2v) is 7.39. The van der Waals surface area contributed by atoms with Gasteiger partial charge in [0.05, 0.1) is 13.2 Å². The Morgan fingerprint density at radius 3 is 2.81 bits per heavy atom. The van der Waals surface area contributed by atoms with Gasteiger partial charge in [-0.3, -0.25) is 9.59 Å². The van der Waals surface area contributed by atoms with Gasteiger partial charge in [-0.15, -0.1) is 0 Å². The van der Waals surface area contributed by atoms with E-state index in [1.165, 1.54) is 0 Å². The zero-order chi connectivity index (χ0) is 19.1. The second-order valence-electron chi connectivity index (χ2n) is 7.39. The molecule has 0 aliphatic carbocycles. The van der Waals surface area contributed by atoms with Crippen molar-refractivity contribution in [3.05, 3.63) is 29.8 Å². The first-order valence-electron chi connectivity index (χ1n) is 10.2. The van der Waals surface area contributed by atoms with Gasteiger partial charge in [0.2, 0.25) is 11.8 Å². The van der Waals surface area contributed by atoms with E-state index in [9.17, 15) is 9.59 Å². The maximum atomic E-state index is 12.7. The summed E-state index contributed by atoms with van der Waals surface area (Å²) in [7, 11) is 0. The van der Waals surface area contributed by atoms with Gasteiger partial charge in [-0.05, 0) is 43.4 Å². The van der Waals surface area contributed by atoms with Crippen molar-refractivity contribution >= 4 is 11.8 Å². The topological polar surface area (TPSA) is 61.9 Å². The monoisotopic (exact) mass is 373 g/mol. The summed E-state index contributed by atoms with van der Waals surface area (Å²) in [5, 5.41) is 3.11. The minimum Gasteiger partial charge on any atom is -0.494 e. The van der Waals surface area contributed by atoms with Crippen LogP contribution >= 0.6 is 0 Å². The van der Waals surface area contributed by atoms with Gasteiger partial charge in [-0.25, -0.2) is 0 Å². The van der Waals surface area contributed by atoms with Gasteiger partial charge in [0.25, 0.3) is 0 Å². The molecule has 2 aliphatic rings. The minimum absolute atomic E-state index is 0.158. The zero-order valence-electron chi connectivity index (χ0n) is 16.3. The first-order valence-corrected chi connectivity index (χ1v) is 10.2. The van der Waals surface area contributed by atoms with E-state index in [-0.39, 0.29) is 17.9 Å². The van der Waals surface area contributed by atoms with Gasteiger partial charge in [-0.2, -0.15) is 0 Å². The van der Waals surface area contributed by atoms with Crippen molar-refractivity contribution in [3.8, 4) is 5.75 Å². The number of benzene rings is 1. The Morgan fingerprint density at radius 1 is 1.26 bits per heavy atom. The Morgan fingerprint density at radius 2 is 2.07 bits per heavy atom. The molecule has 0 radical (unpaired) electrons. The van der Waals surface area contributed by atoms with Gasteiger partial charge in [0, 0.05) is 38.6 Å². The fourth-order valence-corrected chi connectivity index (χ4v) is 3.82. The normalized spacial score (nSPS) is 20.6. The van der Waals surface area contributed by atoms with Crippen molar-refractivity contribution in [2.24, 2.45) is 0 Å². The molecule has 27 heavy (non-hydrogen) atoms. The lowest BCUT2D eigenvalue weighted by molar-refractivity contribution is -0.140. The van der Waals surface area contributed by atoms with Crippen LogP contribution in [0, 0.1) is 0 Å². The van der Waals surface area contributed by atoms with Crippen LogP contribution in [0.3, 0.4) is 0 Å². The van der Waals surface area contributed by atoms with E-state index in [1.54, 1.807) is 0 Å². The Bertz CT molecular complexity index is 632. The third-order valence-corrected chi connectivity index (χ3v) is 5.34. The Kier molecular flexibility index (Phi) is 7.10. The highest BCUT2D eigenvalue weighted by atomic mass is 16.5. The first-order chi connectivity index (χ1) is 13.2. The number of hydrogen-bond acceptors (Lipinski definition) is 4. The van der Waals surface area contributed by atoms with E-state index in [1.807, 2.05) is 34.1 Å². The predicted molar refractivity (Wildman–Crippen MR) is 105 cm³/mol. The first kappa shape index (κ1) is 19.7. The zero-order valence-corrected chi connectivity index (χ0v) is 16.3. The molecule has 2 fully saturated rings. The Balaban J connectivity index is 1.48. The molecule has 0 saturated carbocycles. The number of piperazine rings is 1. The third-order valence-electron chi connectivity index (χ3n) is 5.34. The molecular formula is C21H31N3O3. The molecule has 2 saturated heterocycles. The quantitative estimate of drug-likeness (QED) is 0.792. The Hall–Kier alpha value is -2.08. The number of ether oxygens (including phenoxy) is 1. The SMILES string of the molecule is CCCOc1ccc(CCC(=O)N2CCCC(N3CCNCC3=O)C2)cc1. The lowest BCUT2D eigenvalue weighted by Crippen LogP contribution is -2.57. The highest BCUT2D eigenvalue weighted by molar-refractivity contribution is 5.80. The molecule has 2 aliphatic heterocycles. The summed E-state index contributed by atoms with van der Waals surface area (Å²) < 4.78 is 5.60. The molecule has 2 amide bonds. The standard InChI is InChI=1S/C21H31N3O3/c1-2-14-27-19-8-5-17(6-9-19)7-10-20(25)23-12-3-4-18(16-23)24-13-11-22-15-21(24)26/h5-6,8-9,18,22H,2-4,7,10-16H2,1H3. The summed E-state index contributed by atoms with van der Waals surface area (Å²) in [5.41, 5.74) is 1.15. The molecule has 6 heteroatoms. The van der Waals surface area contributed by atoms with Crippen LogP contribution in [-0.2, 0) is 16.0 Å². The van der Waals surface area contributed by atoms with E-state index < -0.39 is 0 Å². The van der Waals surface area contributed by atoms with Gasteiger partial charge in [-0.1, -0.05) is 19.1 Å². The molecule has 2 heterocycles. The number of carbonyl (C=O) groups is 2. The molecule has 1 N–H and O–H groups in total. The molecule has 148 valence electrons. The largest absolute Gasteiger partial charge is 0.494 e. The van der Waals surface area contributed by atoms with Crippen molar-refractivity contribution in [2.75, 3.05) is 39.3 Å². The number of rotatable bonds is 7. The smallest absolute Gasteiger partial charge is 0.236 e. The predicted octanol–water partition coefficient (Wildman–Crippen LogP) is 1.83. The van der Waals surface area contributed by atoms with E-state index in [0.29, 0.717) is 19.5 Å². The maximum absolute atomic E-state index is 12.7. The molecule has 3 rings (SSSR count). The molecule has 1 unspecified atom stereocenters. The van der Waals surface area contributed by atoms with Crippen LogP contribution in [0.5, 0.6) is 5.75 Å². The maximum Gasteiger partial charge on any atom is 0.236 e.